The number of hydrogen-bond donors (Lipinski definition) is 0. The summed E-state index contributed by atoms with van der Waals surface area (Å²) in [6.07, 6.45) is 50.2. The molecule has 0 spiro atoms. The first kappa shape index (κ1) is 45.3. The highest BCUT2D eigenvalue weighted by atomic mass is 32.1. The highest BCUT2D eigenvalue weighted by Crippen LogP contribution is 2.37. The molecule has 322 valence electrons. The van der Waals surface area contributed by atoms with E-state index in [9.17, 15) is 4.79 Å². The van der Waals surface area contributed by atoms with Crippen molar-refractivity contribution in [1.82, 2.24) is 4.57 Å². The lowest BCUT2D eigenvalue weighted by molar-refractivity contribution is 0.760. The Labute approximate surface area is 384 Å². The number of aromatic nitrogens is 1. The van der Waals surface area contributed by atoms with E-state index >= 15 is 0 Å². The van der Waals surface area contributed by atoms with Crippen LogP contribution in [0.2, 0.25) is 0 Å². The predicted molar refractivity (Wildman–Crippen MR) is 283 cm³/mol. The van der Waals surface area contributed by atoms with Gasteiger partial charge >= 0.3 is 0 Å². The van der Waals surface area contributed by atoms with Crippen LogP contribution in [0.25, 0.3) is 44.4 Å². The molecule has 0 atom stereocenters. The van der Waals surface area contributed by atoms with Crippen molar-refractivity contribution in [2.75, 3.05) is 4.90 Å². The fourth-order valence-corrected chi connectivity index (χ4v) is 9.83. The molecule has 0 radical (unpaired) electrons. The van der Waals surface area contributed by atoms with Gasteiger partial charge in [-0.2, -0.15) is 0 Å². The zero-order valence-electron chi connectivity index (χ0n) is 38.2. The molecule has 2 heterocycles. The minimum absolute atomic E-state index is 0.0772. The third kappa shape index (κ3) is 9.73. The Morgan fingerprint density at radius 2 is 1.48 bits per heavy atom. The summed E-state index contributed by atoms with van der Waals surface area (Å²) in [6.45, 7) is 16.4. The van der Waals surface area contributed by atoms with Gasteiger partial charge in [0.1, 0.15) is 0 Å². The van der Waals surface area contributed by atoms with Crippen molar-refractivity contribution in [2.45, 2.75) is 72.9 Å². The lowest BCUT2D eigenvalue weighted by Crippen LogP contribution is -2.40. The van der Waals surface area contributed by atoms with Crippen molar-refractivity contribution in [1.29, 1.82) is 0 Å². The zero-order chi connectivity index (χ0) is 45.0. The van der Waals surface area contributed by atoms with E-state index in [4.69, 9.17) is 0 Å². The fourth-order valence-electron chi connectivity index (χ4n) is 8.68. The van der Waals surface area contributed by atoms with Gasteiger partial charge in [-0.1, -0.05) is 180 Å². The molecule has 4 aliphatic rings. The number of aryl methyl sites for hydroxylation is 1. The van der Waals surface area contributed by atoms with E-state index in [0.29, 0.717) is 6.42 Å². The summed E-state index contributed by atoms with van der Waals surface area (Å²) in [5, 5.41) is 2.00. The zero-order valence-corrected chi connectivity index (χ0v) is 39.0. The normalized spacial score (nSPS) is 15.6. The summed E-state index contributed by atoms with van der Waals surface area (Å²) < 4.78 is 3.39. The Morgan fingerprint density at radius 3 is 2.17 bits per heavy atom. The van der Waals surface area contributed by atoms with E-state index in [0.717, 1.165) is 50.1 Å². The van der Waals surface area contributed by atoms with Crippen LogP contribution in [0.5, 0.6) is 0 Å². The summed E-state index contributed by atoms with van der Waals surface area (Å²) in [5.41, 5.74) is 12.7. The summed E-state index contributed by atoms with van der Waals surface area (Å²) >= 11 is 1.68. The summed E-state index contributed by atoms with van der Waals surface area (Å²) in [4.78, 5) is 17.4. The van der Waals surface area contributed by atoms with Gasteiger partial charge in [0.05, 0.1) is 17.6 Å². The molecule has 0 fully saturated rings. The monoisotopic (exact) mass is 856 g/mol. The molecule has 4 heteroatoms. The van der Waals surface area contributed by atoms with Crippen molar-refractivity contribution >= 4 is 61.4 Å². The van der Waals surface area contributed by atoms with Gasteiger partial charge in [-0.25, -0.2) is 0 Å². The van der Waals surface area contributed by atoms with Crippen LogP contribution >= 0.6 is 11.3 Å². The summed E-state index contributed by atoms with van der Waals surface area (Å²) in [6, 6.07) is 22.0. The average Bonchev–Trinajstić information content (AvgIpc) is 3.84. The first-order valence-electron chi connectivity index (χ1n) is 22.8. The third-order valence-electron chi connectivity index (χ3n) is 11.7. The Morgan fingerprint density at radius 1 is 0.781 bits per heavy atom. The van der Waals surface area contributed by atoms with Gasteiger partial charge in [-0.05, 0) is 103 Å². The van der Waals surface area contributed by atoms with E-state index in [2.05, 4.69) is 205 Å². The van der Waals surface area contributed by atoms with Gasteiger partial charge in [-0.15, -0.1) is 11.3 Å². The van der Waals surface area contributed by atoms with Gasteiger partial charge in [0, 0.05) is 55.0 Å². The Bertz CT molecular complexity index is 2900. The number of anilines is 1. The molecule has 9 rings (SSSR count). The maximum Gasteiger partial charge on any atom is 0.191 e. The standard InChI is InChI=1S/C56H48N2OS.2C2H6/c1-4-41(35-42-30-33-51(39(2)34-42)57(45-21-11-5-6-12-22-45)46-23-13-7-8-14-24-46)36-54-40(3)56(59)49-32-31-44(38-55(49)60-54)43-20-19-29-53-50(37-43)48-27-17-18-28-52(48)58(53)47-25-15-9-10-16-26-47;2*1-2/h4-9,11-28,30-34,36-38,45-46H,1,10,29,35H2,2-3H3;2*1-2H3/b41-36+;;. The van der Waals surface area contributed by atoms with Gasteiger partial charge < -0.3 is 9.47 Å². The van der Waals surface area contributed by atoms with E-state index in [1.807, 2.05) is 46.8 Å². The molecule has 0 saturated carbocycles. The van der Waals surface area contributed by atoms with Crippen LogP contribution in [0.15, 0.2) is 199 Å². The second kappa shape index (κ2) is 21.6. The number of benzene rings is 3. The number of rotatable bonds is 9. The molecule has 0 aliphatic heterocycles. The molecular weight excluding hydrogens is 797 g/mol. The number of fused-ring (bicyclic) bond motifs is 4. The molecule has 0 N–H and O–H groups in total. The SMILES string of the molecule is C=C/C(=C\c1sc2cc(C3=Cc4c(n(C5=CC=CCC=C5)c5ccccc45)CC=C3)ccc2c(=O)c1C)Cc1ccc(N(C2C=CC=CC=C2)C2C=CC=CC=C2)c(C)c1.CC.CC. The van der Waals surface area contributed by atoms with Crippen LogP contribution in [-0.4, -0.2) is 16.7 Å². The number of para-hydroxylation sites is 1. The highest BCUT2D eigenvalue weighted by molar-refractivity contribution is 7.19. The van der Waals surface area contributed by atoms with Gasteiger partial charge in [0.2, 0.25) is 0 Å². The van der Waals surface area contributed by atoms with Crippen LogP contribution in [0.1, 0.15) is 72.5 Å². The van der Waals surface area contributed by atoms with Crippen LogP contribution in [0, 0.1) is 13.8 Å². The smallest absolute Gasteiger partial charge is 0.191 e. The van der Waals surface area contributed by atoms with Crippen molar-refractivity contribution in [2.24, 2.45) is 0 Å². The summed E-state index contributed by atoms with van der Waals surface area (Å²) in [5.74, 6) is 0. The summed E-state index contributed by atoms with van der Waals surface area (Å²) in [7, 11) is 0. The highest BCUT2D eigenvalue weighted by Gasteiger charge is 2.23. The van der Waals surface area contributed by atoms with Crippen molar-refractivity contribution < 1.29 is 0 Å². The first-order chi connectivity index (χ1) is 31.5. The average molecular weight is 857 g/mol. The van der Waals surface area contributed by atoms with Crippen molar-refractivity contribution in [3.63, 3.8) is 0 Å². The maximum absolute atomic E-state index is 13.9. The molecule has 0 amide bonds. The molecule has 0 unspecified atom stereocenters. The molecule has 0 saturated heterocycles. The molecule has 3 nitrogen and oxygen atoms in total. The van der Waals surface area contributed by atoms with Crippen LogP contribution < -0.4 is 10.3 Å². The van der Waals surface area contributed by atoms with E-state index in [1.54, 1.807) is 11.3 Å². The molecule has 4 aliphatic carbocycles. The van der Waals surface area contributed by atoms with Gasteiger partial charge in [0.25, 0.3) is 0 Å². The number of hydrogen-bond acceptors (Lipinski definition) is 3. The fraction of sp³-hybridized carbons (Fsp3) is 0.183. The van der Waals surface area contributed by atoms with Crippen LogP contribution in [0.3, 0.4) is 0 Å². The van der Waals surface area contributed by atoms with Crippen molar-refractivity contribution in [3.8, 4) is 0 Å². The molecule has 0 bridgehead atoms. The first-order valence-corrected chi connectivity index (χ1v) is 23.6. The quantitative estimate of drug-likeness (QED) is 0.138. The third-order valence-corrected chi connectivity index (χ3v) is 12.9. The molecular formula is C60H60N2OS. The number of allylic oxidation sites excluding steroid dienone is 19. The Kier molecular flexibility index (Phi) is 15.3. The van der Waals surface area contributed by atoms with Gasteiger partial charge in [0.15, 0.2) is 5.43 Å². The minimum Gasteiger partial charge on any atom is -0.351 e. The topological polar surface area (TPSA) is 25.2 Å². The Balaban J connectivity index is 0.00000149. The lowest BCUT2D eigenvalue weighted by Gasteiger charge is -2.36. The second-order valence-electron chi connectivity index (χ2n) is 15.6. The molecule has 64 heavy (non-hydrogen) atoms. The largest absolute Gasteiger partial charge is 0.351 e. The lowest BCUT2D eigenvalue weighted by atomic mass is 9.99. The minimum atomic E-state index is 0.0772. The molecule has 2 aromatic heterocycles. The molecule has 3 aromatic carbocycles. The van der Waals surface area contributed by atoms with E-state index in [-0.39, 0.29) is 17.5 Å². The maximum atomic E-state index is 13.9. The number of nitrogens with zero attached hydrogens (tertiary/aromatic N) is 2. The molecule has 5 aromatic rings. The second-order valence-corrected chi connectivity index (χ2v) is 16.7. The Hall–Kier alpha value is -6.75. The van der Waals surface area contributed by atoms with E-state index in [1.165, 1.54) is 44.7 Å². The van der Waals surface area contributed by atoms with Crippen LogP contribution in [-0.2, 0) is 12.8 Å². The van der Waals surface area contributed by atoms with Crippen molar-refractivity contribution in [3.05, 3.63) is 243 Å². The van der Waals surface area contributed by atoms with Gasteiger partial charge in [-0.3, -0.25) is 4.79 Å². The predicted octanol–water partition coefficient (Wildman–Crippen LogP) is 15.6. The van der Waals surface area contributed by atoms with E-state index < -0.39 is 0 Å². The van der Waals surface area contributed by atoms with Crippen LogP contribution in [0.4, 0.5) is 5.69 Å².